The Kier molecular flexibility index (Phi) is 12.2. The maximum atomic E-state index is 11.8. The van der Waals surface area contributed by atoms with Crippen molar-refractivity contribution in [2.45, 2.75) is 63.8 Å². The molecule has 0 aliphatic heterocycles. The van der Waals surface area contributed by atoms with Crippen LogP contribution < -0.4 is 0 Å². The van der Waals surface area contributed by atoms with Gasteiger partial charge in [0.15, 0.2) is 5.01 Å². The Bertz CT molecular complexity index is 290. The first kappa shape index (κ1) is 19.7. The first-order chi connectivity index (χ1) is 9.47. The van der Waals surface area contributed by atoms with Crippen LogP contribution in [0.1, 0.15) is 58.8 Å². The molecule has 0 aromatic heterocycles. The molecule has 1 unspecified atom stereocenters. The third-order valence-electron chi connectivity index (χ3n) is 3.12. The molecule has 0 aromatic rings. The van der Waals surface area contributed by atoms with Crippen molar-refractivity contribution < 1.29 is 9.53 Å². The molecular formula is C16H30BrNO2. The van der Waals surface area contributed by atoms with Crippen LogP contribution in [0.25, 0.3) is 0 Å². The molecule has 0 rings (SSSR count). The molecule has 0 aliphatic rings. The molecule has 0 radical (unpaired) electrons. The first-order valence-corrected chi connectivity index (χ1v) is 8.55. The standard InChI is InChI=1S/C16H30BrNO2/c1-5-6-7-8-9-12-15(17)20-16(19)14(2)11-10-13-18(3)4/h11,15H,5-10,12-13H2,1-4H3. The van der Waals surface area contributed by atoms with Gasteiger partial charge in [-0.3, -0.25) is 0 Å². The zero-order valence-corrected chi connectivity index (χ0v) is 15.0. The van der Waals surface area contributed by atoms with E-state index in [0.717, 1.165) is 25.8 Å². The number of rotatable bonds is 11. The van der Waals surface area contributed by atoms with Crippen molar-refractivity contribution in [2.24, 2.45) is 0 Å². The van der Waals surface area contributed by atoms with Gasteiger partial charge in [-0.05, 0) is 56.2 Å². The van der Waals surface area contributed by atoms with Crippen molar-refractivity contribution in [3.63, 3.8) is 0 Å². The predicted octanol–water partition coefficient (Wildman–Crippen LogP) is 4.51. The van der Waals surface area contributed by atoms with Crippen molar-refractivity contribution in [1.29, 1.82) is 0 Å². The van der Waals surface area contributed by atoms with Crippen LogP contribution in [0.5, 0.6) is 0 Å². The first-order valence-electron chi connectivity index (χ1n) is 7.64. The zero-order chi connectivity index (χ0) is 15.4. The third kappa shape index (κ3) is 11.5. The van der Waals surface area contributed by atoms with Crippen molar-refractivity contribution in [3.8, 4) is 0 Å². The Hall–Kier alpha value is -0.350. The van der Waals surface area contributed by atoms with Crippen molar-refractivity contribution >= 4 is 21.9 Å². The monoisotopic (exact) mass is 347 g/mol. The van der Waals surface area contributed by atoms with Crippen LogP contribution in [0.15, 0.2) is 11.6 Å². The highest BCUT2D eigenvalue weighted by Crippen LogP contribution is 2.15. The lowest BCUT2D eigenvalue weighted by atomic mass is 10.1. The number of hydrogen-bond acceptors (Lipinski definition) is 3. The second kappa shape index (κ2) is 12.4. The lowest BCUT2D eigenvalue weighted by Crippen LogP contribution is -2.15. The quantitative estimate of drug-likeness (QED) is 0.238. The second-order valence-corrected chi connectivity index (χ2v) is 6.52. The summed E-state index contributed by atoms with van der Waals surface area (Å²) in [6.07, 6.45) is 9.84. The third-order valence-corrected chi connectivity index (χ3v) is 3.76. The van der Waals surface area contributed by atoms with Crippen molar-refractivity contribution in [3.05, 3.63) is 11.6 Å². The van der Waals surface area contributed by atoms with Gasteiger partial charge < -0.3 is 9.64 Å². The Labute approximate surface area is 132 Å². The molecule has 20 heavy (non-hydrogen) atoms. The van der Waals surface area contributed by atoms with Gasteiger partial charge in [-0.25, -0.2) is 4.79 Å². The van der Waals surface area contributed by atoms with E-state index in [9.17, 15) is 4.79 Å². The number of unbranched alkanes of at least 4 members (excludes halogenated alkanes) is 4. The normalized spacial score (nSPS) is 13.6. The lowest BCUT2D eigenvalue weighted by Gasteiger charge is -2.12. The Morgan fingerprint density at radius 2 is 1.90 bits per heavy atom. The molecule has 0 saturated carbocycles. The lowest BCUT2D eigenvalue weighted by molar-refractivity contribution is -0.140. The summed E-state index contributed by atoms with van der Waals surface area (Å²) in [6.45, 7) is 4.97. The van der Waals surface area contributed by atoms with E-state index in [1.54, 1.807) is 0 Å². The van der Waals surface area contributed by atoms with Crippen LogP contribution >= 0.6 is 15.9 Å². The summed E-state index contributed by atoms with van der Waals surface area (Å²) in [5, 5.41) is -0.158. The van der Waals surface area contributed by atoms with E-state index in [4.69, 9.17) is 4.74 Å². The molecular weight excluding hydrogens is 318 g/mol. The Morgan fingerprint density at radius 1 is 1.25 bits per heavy atom. The summed E-state index contributed by atoms with van der Waals surface area (Å²) in [5.41, 5.74) is 0.697. The molecule has 4 heteroatoms. The van der Waals surface area contributed by atoms with Crippen LogP contribution in [0, 0.1) is 0 Å². The molecule has 0 amide bonds. The van der Waals surface area contributed by atoms with E-state index in [1.165, 1.54) is 25.7 Å². The van der Waals surface area contributed by atoms with Crippen LogP contribution in [0.4, 0.5) is 0 Å². The van der Waals surface area contributed by atoms with Gasteiger partial charge in [0.2, 0.25) is 0 Å². The molecule has 0 N–H and O–H groups in total. The highest BCUT2D eigenvalue weighted by Gasteiger charge is 2.12. The minimum absolute atomic E-state index is 0.158. The predicted molar refractivity (Wildman–Crippen MR) is 89.1 cm³/mol. The van der Waals surface area contributed by atoms with Crippen molar-refractivity contribution in [2.75, 3.05) is 20.6 Å². The van der Waals surface area contributed by atoms with Crippen LogP contribution in [-0.2, 0) is 9.53 Å². The number of esters is 1. The smallest absolute Gasteiger partial charge is 0.334 e. The van der Waals surface area contributed by atoms with Gasteiger partial charge in [0.25, 0.3) is 0 Å². The number of hydrogen-bond donors (Lipinski definition) is 0. The van der Waals surface area contributed by atoms with E-state index in [0.29, 0.717) is 5.57 Å². The fourth-order valence-electron chi connectivity index (χ4n) is 1.80. The number of halogens is 1. The zero-order valence-electron chi connectivity index (χ0n) is 13.5. The summed E-state index contributed by atoms with van der Waals surface area (Å²) in [6, 6.07) is 0. The van der Waals surface area contributed by atoms with Gasteiger partial charge in [0.05, 0.1) is 0 Å². The van der Waals surface area contributed by atoms with E-state index < -0.39 is 0 Å². The minimum Gasteiger partial charge on any atom is -0.447 e. The second-order valence-electron chi connectivity index (χ2n) is 5.50. The van der Waals surface area contributed by atoms with Gasteiger partial charge in [-0.1, -0.05) is 38.7 Å². The molecule has 0 spiro atoms. The SMILES string of the molecule is CCCCCCCC(Br)OC(=O)C(C)=CCCN(C)C. The molecule has 1 atom stereocenters. The molecule has 118 valence electrons. The fraction of sp³-hybridized carbons (Fsp3) is 0.812. The largest absolute Gasteiger partial charge is 0.447 e. The number of nitrogens with zero attached hydrogens (tertiary/aromatic N) is 1. The summed E-state index contributed by atoms with van der Waals surface area (Å²) >= 11 is 3.43. The highest BCUT2D eigenvalue weighted by atomic mass is 79.9. The van der Waals surface area contributed by atoms with Crippen LogP contribution in [0.3, 0.4) is 0 Å². The molecule has 0 saturated heterocycles. The van der Waals surface area contributed by atoms with Gasteiger partial charge >= 0.3 is 5.97 Å². The maximum Gasteiger partial charge on any atom is 0.334 e. The molecule has 0 aliphatic carbocycles. The number of carbonyl (C=O) groups is 1. The summed E-state index contributed by atoms with van der Waals surface area (Å²) in [4.78, 5) is 13.9. The van der Waals surface area contributed by atoms with E-state index in [1.807, 2.05) is 27.1 Å². The number of ether oxygens (including phenoxy) is 1. The van der Waals surface area contributed by atoms with Crippen LogP contribution in [-0.4, -0.2) is 36.5 Å². The Morgan fingerprint density at radius 3 is 2.50 bits per heavy atom. The van der Waals surface area contributed by atoms with E-state index >= 15 is 0 Å². The van der Waals surface area contributed by atoms with Gasteiger partial charge in [0, 0.05) is 12.1 Å². The van der Waals surface area contributed by atoms with Gasteiger partial charge in [-0.2, -0.15) is 0 Å². The molecule has 0 heterocycles. The maximum absolute atomic E-state index is 11.8. The summed E-state index contributed by atoms with van der Waals surface area (Å²) < 4.78 is 5.37. The van der Waals surface area contributed by atoms with Crippen molar-refractivity contribution in [1.82, 2.24) is 4.90 Å². The van der Waals surface area contributed by atoms with E-state index in [-0.39, 0.29) is 11.0 Å². The van der Waals surface area contributed by atoms with E-state index in [2.05, 4.69) is 27.8 Å². The van der Waals surface area contributed by atoms with Crippen LogP contribution in [0.2, 0.25) is 0 Å². The molecule has 0 bridgehead atoms. The minimum atomic E-state index is -0.209. The average Bonchev–Trinajstić information content (AvgIpc) is 2.37. The molecule has 0 fully saturated rings. The molecule has 3 nitrogen and oxygen atoms in total. The summed E-state index contributed by atoms with van der Waals surface area (Å²) in [5.74, 6) is -0.209. The Balaban J connectivity index is 3.82. The number of carbonyl (C=O) groups excluding carboxylic acids is 1. The van der Waals surface area contributed by atoms with Gasteiger partial charge in [-0.15, -0.1) is 0 Å². The van der Waals surface area contributed by atoms with Gasteiger partial charge in [0.1, 0.15) is 0 Å². The number of alkyl halides is 1. The highest BCUT2D eigenvalue weighted by molar-refractivity contribution is 9.09. The topological polar surface area (TPSA) is 29.5 Å². The molecule has 0 aromatic carbocycles. The summed E-state index contributed by atoms with van der Waals surface area (Å²) in [7, 11) is 4.04. The fourth-order valence-corrected chi connectivity index (χ4v) is 2.29. The average molecular weight is 348 g/mol.